The zero-order chi connectivity index (χ0) is 14.0. The summed E-state index contributed by atoms with van der Waals surface area (Å²) in [5, 5.41) is 0.478. The zero-order valence-electron chi connectivity index (χ0n) is 10.2. The number of sulfonamides is 1. The SMILES string of the molecule is O=S(=O)(c1ccc(F)cc1F)N(CCBr)C1CCC1. The largest absolute Gasteiger partial charge is 0.246 e. The third kappa shape index (κ3) is 2.98. The first-order chi connectivity index (χ1) is 8.96. The van der Waals surface area contributed by atoms with E-state index in [1.165, 1.54) is 4.31 Å². The molecule has 1 fully saturated rings. The first kappa shape index (κ1) is 14.9. The molecule has 1 aromatic rings. The molecule has 0 aromatic heterocycles. The predicted molar refractivity (Wildman–Crippen MR) is 71.7 cm³/mol. The van der Waals surface area contributed by atoms with Crippen LogP contribution in [-0.4, -0.2) is 30.6 Å². The van der Waals surface area contributed by atoms with Gasteiger partial charge in [0.25, 0.3) is 0 Å². The van der Waals surface area contributed by atoms with Crippen LogP contribution in [0.5, 0.6) is 0 Å². The van der Waals surface area contributed by atoms with Crippen molar-refractivity contribution in [2.75, 3.05) is 11.9 Å². The van der Waals surface area contributed by atoms with Crippen molar-refractivity contribution >= 4 is 26.0 Å². The van der Waals surface area contributed by atoms with Crippen LogP contribution in [0.25, 0.3) is 0 Å². The van der Waals surface area contributed by atoms with Crippen LogP contribution in [0, 0.1) is 11.6 Å². The van der Waals surface area contributed by atoms with Gasteiger partial charge in [0.1, 0.15) is 16.5 Å². The van der Waals surface area contributed by atoms with Crippen molar-refractivity contribution in [2.45, 2.75) is 30.2 Å². The maximum absolute atomic E-state index is 13.7. The monoisotopic (exact) mass is 353 g/mol. The summed E-state index contributed by atoms with van der Waals surface area (Å²) in [6, 6.07) is 2.47. The van der Waals surface area contributed by atoms with Gasteiger partial charge in [-0.15, -0.1) is 0 Å². The molecule has 1 aliphatic rings. The van der Waals surface area contributed by atoms with Crippen molar-refractivity contribution in [2.24, 2.45) is 0 Å². The lowest BCUT2D eigenvalue weighted by atomic mass is 9.93. The molecule has 0 radical (unpaired) electrons. The van der Waals surface area contributed by atoms with Crippen LogP contribution in [-0.2, 0) is 10.0 Å². The molecule has 0 unspecified atom stereocenters. The van der Waals surface area contributed by atoms with Gasteiger partial charge in [0.05, 0.1) is 0 Å². The highest BCUT2D eigenvalue weighted by Crippen LogP contribution is 2.30. The molecule has 1 aromatic carbocycles. The molecule has 7 heteroatoms. The van der Waals surface area contributed by atoms with Crippen LogP contribution in [0.4, 0.5) is 8.78 Å². The fraction of sp³-hybridized carbons (Fsp3) is 0.500. The molecule has 0 atom stereocenters. The summed E-state index contributed by atoms with van der Waals surface area (Å²) in [4.78, 5) is -0.457. The molecule has 0 spiro atoms. The molecule has 3 nitrogen and oxygen atoms in total. The predicted octanol–water partition coefficient (Wildman–Crippen LogP) is 2.90. The van der Waals surface area contributed by atoms with E-state index >= 15 is 0 Å². The van der Waals surface area contributed by atoms with Gasteiger partial charge in [-0.3, -0.25) is 0 Å². The first-order valence-corrected chi connectivity index (χ1v) is 8.56. The Kier molecular flexibility index (Phi) is 4.58. The van der Waals surface area contributed by atoms with E-state index in [4.69, 9.17) is 0 Å². The minimum Gasteiger partial charge on any atom is -0.207 e. The summed E-state index contributed by atoms with van der Waals surface area (Å²) < 4.78 is 52.7. The van der Waals surface area contributed by atoms with Crippen LogP contribution >= 0.6 is 15.9 Å². The highest BCUT2D eigenvalue weighted by Gasteiger charge is 2.35. The zero-order valence-corrected chi connectivity index (χ0v) is 12.6. The molecule has 1 aliphatic carbocycles. The van der Waals surface area contributed by atoms with Gasteiger partial charge in [-0.1, -0.05) is 22.4 Å². The minimum atomic E-state index is -3.91. The van der Waals surface area contributed by atoms with Crippen LogP contribution < -0.4 is 0 Å². The van der Waals surface area contributed by atoms with E-state index in [0.29, 0.717) is 11.4 Å². The molecule has 0 bridgehead atoms. The summed E-state index contributed by atoms with van der Waals surface area (Å²) in [5.41, 5.74) is 0. The minimum absolute atomic E-state index is 0.0768. The topological polar surface area (TPSA) is 37.4 Å². The Morgan fingerprint density at radius 1 is 1.32 bits per heavy atom. The summed E-state index contributed by atoms with van der Waals surface area (Å²) >= 11 is 3.21. The second-order valence-electron chi connectivity index (χ2n) is 4.46. The van der Waals surface area contributed by atoms with Gasteiger partial charge in [-0.05, 0) is 25.0 Å². The summed E-state index contributed by atoms with van der Waals surface area (Å²) in [5.74, 6) is -1.83. The molecular formula is C12H14BrF2NO2S. The van der Waals surface area contributed by atoms with Gasteiger partial charge in [-0.2, -0.15) is 4.31 Å². The fourth-order valence-electron chi connectivity index (χ4n) is 2.07. The number of rotatable bonds is 5. The molecule has 0 amide bonds. The Balaban J connectivity index is 2.38. The molecule has 0 saturated heterocycles. The number of nitrogens with zero attached hydrogens (tertiary/aromatic N) is 1. The fourth-order valence-corrected chi connectivity index (χ4v) is 4.42. The number of alkyl halides is 1. The summed E-state index contributed by atoms with van der Waals surface area (Å²) in [7, 11) is -3.91. The third-order valence-corrected chi connectivity index (χ3v) is 5.61. The van der Waals surface area contributed by atoms with Gasteiger partial charge < -0.3 is 0 Å². The third-order valence-electron chi connectivity index (χ3n) is 3.27. The number of halogens is 3. The molecule has 106 valence electrons. The van der Waals surface area contributed by atoms with Crippen molar-refractivity contribution in [3.05, 3.63) is 29.8 Å². The smallest absolute Gasteiger partial charge is 0.207 e. The Morgan fingerprint density at radius 2 is 2.00 bits per heavy atom. The van der Waals surface area contributed by atoms with E-state index in [0.717, 1.165) is 31.4 Å². The van der Waals surface area contributed by atoms with Gasteiger partial charge >= 0.3 is 0 Å². The second-order valence-corrected chi connectivity index (χ2v) is 7.12. The lowest BCUT2D eigenvalue weighted by Crippen LogP contribution is -2.45. The molecule has 19 heavy (non-hydrogen) atoms. The van der Waals surface area contributed by atoms with Crippen LogP contribution in [0.3, 0.4) is 0 Å². The average molecular weight is 354 g/mol. The molecule has 0 N–H and O–H groups in total. The van der Waals surface area contributed by atoms with Crippen molar-refractivity contribution in [3.8, 4) is 0 Å². The molecular weight excluding hydrogens is 340 g/mol. The molecule has 2 rings (SSSR count). The highest BCUT2D eigenvalue weighted by molar-refractivity contribution is 9.09. The second kappa shape index (κ2) is 5.85. The summed E-state index contributed by atoms with van der Waals surface area (Å²) in [6.07, 6.45) is 2.55. The van der Waals surface area contributed by atoms with Crippen molar-refractivity contribution < 1.29 is 17.2 Å². The number of benzene rings is 1. The van der Waals surface area contributed by atoms with Gasteiger partial charge in [0, 0.05) is 24.0 Å². The van der Waals surface area contributed by atoms with Crippen molar-refractivity contribution in [3.63, 3.8) is 0 Å². The summed E-state index contributed by atoms with van der Waals surface area (Å²) in [6.45, 7) is 0.282. The van der Waals surface area contributed by atoms with E-state index in [9.17, 15) is 17.2 Å². The molecule has 1 saturated carbocycles. The van der Waals surface area contributed by atoms with Crippen LogP contribution in [0.1, 0.15) is 19.3 Å². The van der Waals surface area contributed by atoms with Crippen LogP contribution in [0.2, 0.25) is 0 Å². The van der Waals surface area contributed by atoms with E-state index in [-0.39, 0.29) is 12.6 Å². The normalized spacial score (nSPS) is 16.6. The van der Waals surface area contributed by atoms with Gasteiger partial charge in [0.15, 0.2) is 0 Å². The first-order valence-electron chi connectivity index (χ1n) is 5.99. The number of hydrogen-bond acceptors (Lipinski definition) is 2. The maximum Gasteiger partial charge on any atom is 0.246 e. The standard InChI is InChI=1S/C12H14BrF2NO2S/c13-6-7-16(10-2-1-3-10)19(17,18)12-5-4-9(14)8-11(12)15/h4-5,8,10H,1-3,6-7H2. The Hall–Kier alpha value is -0.530. The van der Waals surface area contributed by atoms with Crippen molar-refractivity contribution in [1.82, 2.24) is 4.31 Å². The molecule has 0 aliphatic heterocycles. The van der Waals surface area contributed by atoms with E-state index in [2.05, 4.69) is 15.9 Å². The van der Waals surface area contributed by atoms with Crippen LogP contribution in [0.15, 0.2) is 23.1 Å². The maximum atomic E-state index is 13.7. The lowest BCUT2D eigenvalue weighted by Gasteiger charge is -2.36. The quantitative estimate of drug-likeness (QED) is 0.763. The lowest BCUT2D eigenvalue weighted by molar-refractivity contribution is 0.227. The van der Waals surface area contributed by atoms with E-state index in [1.807, 2.05) is 0 Å². The van der Waals surface area contributed by atoms with Crippen molar-refractivity contribution in [1.29, 1.82) is 0 Å². The molecule has 0 heterocycles. The highest BCUT2D eigenvalue weighted by atomic mass is 79.9. The van der Waals surface area contributed by atoms with Gasteiger partial charge in [-0.25, -0.2) is 17.2 Å². The van der Waals surface area contributed by atoms with Gasteiger partial charge in [0.2, 0.25) is 10.0 Å². The number of hydrogen-bond donors (Lipinski definition) is 0. The Morgan fingerprint density at radius 3 is 2.47 bits per heavy atom. The Labute approximate surface area is 119 Å². The average Bonchev–Trinajstić information content (AvgIpc) is 2.25. The van der Waals surface area contributed by atoms with E-state index < -0.39 is 26.6 Å². The van der Waals surface area contributed by atoms with E-state index in [1.54, 1.807) is 0 Å². The Bertz CT molecular complexity index is 561.